The summed E-state index contributed by atoms with van der Waals surface area (Å²) in [5.41, 5.74) is 2.26. The summed E-state index contributed by atoms with van der Waals surface area (Å²) in [6.07, 6.45) is 12.3. The van der Waals surface area contributed by atoms with Crippen LogP contribution in [0.25, 0.3) is 0 Å². The third kappa shape index (κ3) is 3.97. The lowest BCUT2D eigenvalue weighted by molar-refractivity contribution is 0.299. The summed E-state index contributed by atoms with van der Waals surface area (Å²) in [6.45, 7) is 5.22. The van der Waals surface area contributed by atoms with Crippen LogP contribution in [0.5, 0.6) is 0 Å². The predicted octanol–water partition coefficient (Wildman–Crippen LogP) is 5.74. The molecule has 0 unspecified atom stereocenters. The highest BCUT2D eigenvalue weighted by atomic mass is 16.5. The summed E-state index contributed by atoms with van der Waals surface area (Å²) in [6, 6.07) is 6.83. The van der Waals surface area contributed by atoms with Crippen molar-refractivity contribution in [3.8, 4) is 0 Å². The largest absolute Gasteiger partial charge is 0.474 e. The van der Waals surface area contributed by atoms with Crippen molar-refractivity contribution in [1.82, 2.24) is 4.98 Å². The molecule has 3 heteroatoms. The second kappa shape index (κ2) is 8.10. The number of aromatic nitrogens is 1. The molecule has 1 atom stereocenters. The Balaban J connectivity index is 1.57. The molecular formula is C23H34N2O. The number of aliphatic imine (C=N–C) groups is 1. The molecule has 0 saturated heterocycles. The topological polar surface area (TPSA) is 34.5 Å². The van der Waals surface area contributed by atoms with Gasteiger partial charge in [0.1, 0.15) is 12.3 Å². The molecule has 4 rings (SSSR count). The van der Waals surface area contributed by atoms with Gasteiger partial charge in [-0.2, -0.15) is 0 Å². The molecule has 2 fully saturated rings. The van der Waals surface area contributed by atoms with E-state index < -0.39 is 0 Å². The van der Waals surface area contributed by atoms with Crippen LogP contribution in [-0.2, 0) is 4.74 Å². The molecule has 0 spiro atoms. The number of ether oxygens (including phenoxy) is 1. The molecule has 3 nitrogen and oxygen atoms in total. The van der Waals surface area contributed by atoms with Gasteiger partial charge < -0.3 is 4.74 Å². The summed E-state index contributed by atoms with van der Waals surface area (Å²) >= 11 is 0. The zero-order valence-electron chi connectivity index (χ0n) is 16.5. The first-order valence-corrected chi connectivity index (χ1v) is 10.9. The van der Waals surface area contributed by atoms with Crippen LogP contribution in [-0.4, -0.2) is 23.5 Å². The van der Waals surface area contributed by atoms with Crippen LogP contribution < -0.4 is 0 Å². The minimum Gasteiger partial charge on any atom is -0.474 e. The van der Waals surface area contributed by atoms with E-state index >= 15 is 0 Å². The monoisotopic (exact) mass is 354 g/mol. The van der Waals surface area contributed by atoms with Gasteiger partial charge in [-0.05, 0) is 62.0 Å². The summed E-state index contributed by atoms with van der Waals surface area (Å²) in [5, 5.41) is 0. The SMILES string of the molecule is CC(C)C[C@@H]1COC(c2cccc(C(C3CCCC3)C3CCCC3)n2)=N1. The van der Waals surface area contributed by atoms with Crippen LogP contribution in [0.1, 0.15) is 88.9 Å². The maximum Gasteiger partial charge on any atom is 0.235 e. The predicted molar refractivity (Wildman–Crippen MR) is 107 cm³/mol. The van der Waals surface area contributed by atoms with Crippen LogP contribution in [0.15, 0.2) is 23.2 Å². The van der Waals surface area contributed by atoms with Crippen LogP contribution in [0.2, 0.25) is 0 Å². The van der Waals surface area contributed by atoms with E-state index in [0.29, 0.717) is 24.5 Å². The van der Waals surface area contributed by atoms with Gasteiger partial charge in [0.2, 0.25) is 5.90 Å². The Kier molecular flexibility index (Phi) is 5.61. The minimum absolute atomic E-state index is 0.302. The average Bonchev–Trinajstić information content (AvgIpc) is 3.38. The molecule has 2 heterocycles. The van der Waals surface area contributed by atoms with Crippen LogP contribution in [0.4, 0.5) is 0 Å². The summed E-state index contributed by atoms with van der Waals surface area (Å²) in [5.74, 6) is 3.74. The number of rotatable bonds is 6. The van der Waals surface area contributed by atoms with Crippen LogP contribution in [0, 0.1) is 17.8 Å². The Morgan fingerprint density at radius 3 is 2.27 bits per heavy atom. The molecule has 1 aromatic rings. The van der Waals surface area contributed by atoms with Crippen molar-refractivity contribution in [3.05, 3.63) is 29.6 Å². The van der Waals surface area contributed by atoms with Crippen molar-refractivity contribution in [1.29, 1.82) is 0 Å². The van der Waals surface area contributed by atoms with Gasteiger partial charge in [-0.3, -0.25) is 0 Å². The Morgan fingerprint density at radius 2 is 1.65 bits per heavy atom. The maximum atomic E-state index is 5.93. The van der Waals surface area contributed by atoms with E-state index in [1.165, 1.54) is 57.1 Å². The second-order valence-corrected chi connectivity index (χ2v) is 9.09. The zero-order chi connectivity index (χ0) is 17.9. The van der Waals surface area contributed by atoms with Gasteiger partial charge in [-0.25, -0.2) is 9.98 Å². The molecule has 2 aliphatic carbocycles. The molecule has 3 aliphatic rings. The number of pyridine rings is 1. The van der Waals surface area contributed by atoms with Gasteiger partial charge in [-0.1, -0.05) is 45.6 Å². The van der Waals surface area contributed by atoms with E-state index in [2.05, 4.69) is 32.0 Å². The molecule has 142 valence electrons. The maximum absolute atomic E-state index is 5.93. The average molecular weight is 355 g/mol. The molecule has 0 N–H and O–H groups in total. The molecule has 1 aliphatic heterocycles. The zero-order valence-corrected chi connectivity index (χ0v) is 16.5. The van der Waals surface area contributed by atoms with E-state index in [1.807, 2.05) is 0 Å². The number of hydrogen-bond acceptors (Lipinski definition) is 3. The molecule has 0 amide bonds. The Hall–Kier alpha value is -1.38. The molecular weight excluding hydrogens is 320 g/mol. The Morgan fingerprint density at radius 1 is 1.00 bits per heavy atom. The lowest BCUT2D eigenvalue weighted by Crippen LogP contribution is -2.20. The fourth-order valence-electron chi connectivity index (χ4n) is 5.48. The molecule has 1 aromatic heterocycles. The van der Waals surface area contributed by atoms with Crippen molar-refractivity contribution in [3.63, 3.8) is 0 Å². The lowest BCUT2D eigenvalue weighted by Gasteiger charge is -2.29. The first kappa shape index (κ1) is 18.0. The molecule has 26 heavy (non-hydrogen) atoms. The fourth-order valence-corrected chi connectivity index (χ4v) is 5.48. The standard InChI is InChI=1S/C23H34N2O/c1-16(2)14-19-15-26-23(24-19)21-13-7-12-20(25-21)22(17-8-3-4-9-17)18-10-5-6-11-18/h7,12-13,16-19,22H,3-6,8-11,14-15H2,1-2H3/t19-/m1/s1. The highest BCUT2D eigenvalue weighted by Gasteiger charge is 2.35. The van der Waals surface area contributed by atoms with Gasteiger partial charge in [-0.15, -0.1) is 0 Å². The third-order valence-corrected chi connectivity index (χ3v) is 6.60. The molecule has 0 bridgehead atoms. The molecule has 2 saturated carbocycles. The number of hydrogen-bond donors (Lipinski definition) is 0. The highest BCUT2D eigenvalue weighted by molar-refractivity contribution is 5.93. The Labute approximate surface area is 158 Å². The van der Waals surface area contributed by atoms with Crippen LogP contribution in [0.3, 0.4) is 0 Å². The summed E-state index contributed by atoms with van der Waals surface area (Å²) in [7, 11) is 0. The van der Waals surface area contributed by atoms with E-state index in [-0.39, 0.29) is 0 Å². The molecule has 0 radical (unpaired) electrons. The van der Waals surface area contributed by atoms with E-state index in [9.17, 15) is 0 Å². The quantitative estimate of drug-likeness (QED) is 0.653. The van der Waals surface area contributed by atoms with Crippen molar-refractivity contribution in [2.45, 2.75) is 83.6 Å². The van der Waals surface area contributed by atoms with Gasteiger partial charge in [0, 0.05) is 11.6 Å². The Bertz CT molecular complexity index is 611. The van der Waals surface area contributed by atoms with Gasteiger partial charge in [0.25, 0.3) is 0 Å². The summed E-state index contributed by atoms with van der Waals surface area (Å²) < 4.78 is 5.93. The second-order valence-electron chi connectivity index (χ2n) is 9.09. The van der Waals surface area contributed by atoms with Crippen LogP contribution >= 0.6 is 0 Å². The van der Waals surface area contributed by atoms with Crippen molar-refractivity contribution in [2.24, 2.45) is 22.7 Å². The first-order valence-electron chi connectivity index (χ1n) is 10.9. The minimum atomic E-state index is 0.302. The van der Waals surface area contributed by atoms with E-state index in [0.717, 1.165) is 29.8 Å². The van der Waals surface area contributed by atoms with E-state index in [4.69, 9.17) is 14.7 Å². The first-order chi connectivity index (χ1) is 12.7. The van der Waals surface area contributed by atoms with E-state index in [1.54, 1.807) is 0 Å². The third-order valence-electron chi connectivity index (χ3n) is 6.60. The van der Waals surface area contributed by atoms with Crippen molar-refractivity contribution in [2.75, 3.05) is 6.61 Å². The highest BCUT2D eigenvalue weighted by Crippen LogP contribution is 2.46. The molecule has 0 aromatic carbocycles. The number of nitrogens with zero attached hydrogens (tertiary/aromatic N) is 2. The normalized spacial score (nSPS) is 24.6. The lowest BCUT2D eigenvalue weighted by atomic mass is 9.77. The smallest absolute Gasteiger partial charge is 0.235 e. The van der Waals surface area contributed by atoms with Gasteiger partial charge in [0.15, 0.2) is 0 Å². The fraction of sp³-hybridized carbons (Fsp3) is 0.739. The van der Waals surface area contributed by atoms with Crippen molar-refractivity contribution < 1.29 is 4.74 Å². The summed E-state index contributed by atoms with van der Waals surface area (Å²) in [4.78, 5) is 9.93. The van der Waals surface area contributed by atoms with Crippen molar-refractivity contribution >= 4 is 5.90 Å². The van der Waals surface area contributed by atoms with Gasteiger partial charge in [0.05, 0.1) is 6.04 Å². The van der Waals surface area contributed by atoms with Gasteiger partial charge >= 0.3 is 0 Å².